The van der Waals surface area contributed by atoms with E-state index in [1.807, 2.05) is 0 Å². The Morgan fingerprint density at radius 1 is 1.55 bits per heavy atom. The lowest BCUT2D eigenvalue weighted by Gasteiger charge is -2.07. The van der Waals surface area contributed by atoms with E-state index in [2.05, 4.69) is 9.47 Å². The number of hydrogen-bond donors (Lipinski definition) is 0. The van der Waals surface area contributed by atoms with Crippen LogP contribution in [0.5, 0.6) is 0 Å². The lowest BCUT2D eigenvalue weighted by molar-refractivity contribution is -0.157. The number of esters is 1. The molecule has 0 aliphatic rings. The van der Waals surface area contributed by atoms with E-state index in [0.717, 1.165) is 0 Å². The van der Waals surface area contributed by atoms with Crippen LogP contribution in [0.1, 0.15) is 6.92 Å². The molecular weight excluding hydrogens is 172 g/mol. The minimum atomic E-state index is -1.29. The highest BCUT2D eigenvalue weighted by Crippen LogP contribution is 1.98. The quantitative estimate of drug-likeness (QED) is 0.356. The van der Waals surface area contributed by atoms with Crippen molar-refractivity contribution < 1.29 is 19.1 Å². The molecule has 0 heterocycles. The molecule has 0 amide bonds. The molecule has 0 radical (unpaired) electrons. The minimum absolute atomic E-state index is 0.197. The van der Waals surface area contributed by atoms with Crippen LogP contribution >= 0.6 is 11.6 Å². The summed E-state index contributed by atoms with van der Waals surface area (Å²) in [6.07, 6.45) is -1.29. The highest BCUT2D eigenvalue weighted by Gasteiger charge is 2.25. The van der Waals surface area contributed by atoms with Crippen molar-refractivity contribution in [3.05, 3.63) is 0 Å². The van der Waals surface area contributed by atoms with Gasteiger partial charge in [0.25, 0.3) is 5.24 Å². The second-order valence-corrected chi connectivity index (χ2v) is 2.04. The van der Waals surface area contributed by atoms with E-state index in [-0.39, 0.29) is 6.61 Å². The number of hydrogen-bond acceptors (Lipinski definition) is 4. The Morgan fingerprint density at radius 2 is 2.09 bits per heavy atom. The Bertz CT molecular complexity index is 157. The molecule has 1 unspecified atom stereocenters. The molecule has 4 nitrogen and oxygen atoms in total. The van der Waals surface area contributed by atoms with Gasteiger partial charge in [-0.2, -0.15) is 0 Å². The summed E-state index contributed by atoms with van der Waals surface area (Å²) in [7, 11) is 1.21. The van der Waals surface area contributed by atoms with Crippen molar-refractivity contribution in [3.63, 3.8) is 0 Å². The second kappa shape index (κ2) is 5.09. The summed E-state index contributed by atoms with van der Waals surface area (Å²) < 4.78 is 8.96. The fourth-order valence-corrected chi connectivity index (χ4v) is 0.678. The largest absolute Gasteiger partial charge is 0.464 e. The number of carbonyl (C=O) groups is 2. The molecule has 64 valence electrons. The standard InChI is InChI=1S/C6H9ClO4/c1-3-11-6(9)4(10-2)5(7)8/h4H,3H2,1-2H3. The average Bonchev–Trinajstić information content (AvgIpc) is 1.88. The van der Waals surface area contributed by atoms with E-state index >= 15 is 0 Å². The molecule has 0 saturated carbocycles. The zero-order valence-corrected chi connectivity index (χ0v) is 7.05. The Morgan fingerprint density at radius 3 is 2.36 bits per heavy atom. The van der Waals surface area contributed by atoms with Gasteiger partial charge >= 0.3 is 5.97 Å². The molecule has 0 N–H and O–H groups in total. The Labute approximate surface area is 69.4 Å². The fraction of sp³-hybridized carbons (Fsp3) is 0.667. The monoisotopic (exact) mass is 180 g/mol. The summed E-state index contributed by atoms with van der Waals surface area (Å²) in [6, 6.07) is 0. The predicted octanol–water partition coefficient (Wildman–Crippen LogP) is 0.330. The van der Waals surface area contributed by atoms with Crippen molar-refractivity contribution in [1.29, 1.82) is 0 Å². The second-order valence-electron chi connectivity index (χ2n) is 1.67. The van der Waals surface area contributed by atoms with Gasteiger partial charge in [0, 0.05) is 7.11 Å². The van der Waals surface area contributed by atoms with Crippen molar-refractivity contribution in [2.75, 3.05) is 13.7 Å². The van der Waals surface area contributed by atoms with Gasteiger partial charge in [0.2, 0.25) is 6.10 Å². The first-order valence-electron chi connectivity index (χ1n) is 3.02. The van der Waals surface area contributed by atoms with Crippen molar-refractivity contribution >= 4 is 22.8 Å². The zero-order valence-electron chi connectivity index (χ0n) is 6.30. The van der Waals surface area contributed by atoms with E-state index in [1.165, 1.54) is 7.11 Å². The summed E-state index contributed by atoms with van der Waals surface area (Å²) in [4.78, 5) is 21.2. The summed E-state index contributed by atoms with van der Waals surface area (Å²) in [5.41, 5.74) is 0. The molecule has 11 heavy (non-hydrogen) atoms. The van der Waals surface area contributed by atoms with E-state index in [0.29, 0.717) is 0 Å². The SMILES string of the molecule is CCOC(=O)C(OC)C(=O)Cl. The Kier molecular flexibility index (Phi) is 4.81. The highest BCUT2D eigenvalue weighted by atomic mass is 35.5. The summed E-state index contributed by atoms with van der Waals surface area (Å²) >= 11 is 5.01. The molecule has 0 bridgehead atoms. The summed E-state index contributed by atoms with van der Waals surface area (Å²) in [5.74, 6) is -0.755. The Balaban J connectivity index is 4.03. The van der Waals surface area contributed by atoms with Gasteiger partial charge in [-0.25, -0.2) is 4.79 Å². The number of halogens is 1. The van der Waals surface area contributed by atoms with Crippen LogP contribution in [0.15, 0.2) is 0 Å². The third kappa shape index (κ3) is 3.34. The maximum Gasteiger partial charge on any atom is 0.344 e. The van der Waals surface area contributed by atoms with Crippen LogP contribution < -0.4 is 0 Å². The topological polar surface area (TPSA) is 52.6 Å². The predicted molar refractivity (Wildman–Crippen MR) is 38.3 cm³/mol. The molecule has 0 spiro atoms. The molecule has 0 fully saturated rings. The van der Waals surface area contributed by atoms with E-state index in [1.54, 1.807) is 6.92 Å². The van der Waals surface area contributed by atoms with Crippen LogP contribution in [0.25, 0.3) is 0 Å². The van der Waals surface area contributed by atoms with Gasteiger partial charge < -0.3 is 9.47 Å². The van der Waals surface area contributed by atoms with Gasteiger partial charge in [0.1, 0.15) is 0 Å². The third-order valence-corrected chi connectivity index (χ3v) is 1.14. The Hall–Kier alpha value is -0.610. The molecule has 0 aromatic carbocycles. The first-order valence-corrected chi connectivity index (χ1v) is 3.40. The molecule has 0 aromatic heterocycles. The van der Waals surface area contributed by atoms with Crippen LogP contribution in [0.4, 0.5) is 0 Å². The van der Waals surface area contributed by atoms with E-state index in [9.17, 15) is 9.59 Å². The van der Waals surface area contributed by atoms with Crippen LogP contribution in [0.3, 0.4) is 0 Å². The molecule has 0 aliphatic carbocycles. The van der Waals surface area contributed by atoms with Crippen LogP contribution in [0, 0.1) is 0 Å². The van der Waals surface area contributed by atoms with E-state index in [4.69, 9.17) is 11.6 Å². The number of methoxy groups -OCH3 is 1. The maximum atomic E-state index is 10.8. The molecule has 0 aromatic rings. The summed E-state index contributed by atoms with van der Waals surface area (Å²) in [5, 5.41) is -0.869. The van der Waals surface area contributed by atoms with Gasteiger partial charge in [-0.05, 0) is 18.5 Å². The fourth-order valence-electron chi connectivity index (χ4n) is 0.499. The van der Waals surface area contributed by atoms with Gasteiger partial charge in [0.15, 0.2) is 0 Å². The number of ether oxygens (including phenoxy) is 2. The normalized spacial score (nSPS) is 12.3. The number of carbonyl (C=O) groups excluding carboxylic acids is 2. The smallest absolute Gasteiger partial charge is 0.344 e. The van der Waals surface area contributed by atoms with Gasteiger partial charge in [-0.3, -0.25) is 4.79 Å². The van der Waals surface area contributed by atoms with Crippen LogP contribution in [-0.4, -0.2) is 31.0 Å². The average molecular weight is 181 g/mol. The highest BCUT2D eigenvalue weighted by molar-refractivity contribution is 6.66. The first-order chi connectivity index (χ1) is 5.13. The molecule has 0 aliphatic heterocycles. The van der Waals surface area contributed by atoms with Crippen molar-refractivity contribution in [3.8, 4) is 0 Å². The van der Waals surface area contributed by atoms with Crippen LogP contribution in [-0.2, 0) is 19.1 Å². The summed E-state index contributed by atoms with van der Waals surface area (Å²) in [6.45, 7) is 1.83. The lowest BCUT2D eigenvalue weighted by Crippen LogP contribution is -2.30. The lowest BCUT2D eigenvalue weighted by atomic mass is 10.4. The third-order valence-electron chi connectivity index (χ3n) is 0.943. The number of rotatable bonds is 4. The molecular formula is C6H9ClO4. The molecule has 5 heteroatoms. The van der Waals surface area contributed by atoms with Crippen molar-refractivity contribution in [2.45, 2.75) is 13.0 Å². The molecule has 0 saturated heterocycles. The zero-order chi connectivity index (χ0) is 8.85. The van der Waals surface area contributed by atoms with Crippen molar-refractivity contribution in [2.24, 2.45) is 0 Å². The van der Waals surface area contributed by atoms with Gasteiger partial charge in [0.05, 0.1) is 6.61 Å². The minimum Gasteiger partial charge on any atom is -0.464 e. The first kappa shape index (κ1) is 10.4. The maximum absolute atomic E-state index is 10.8. The molecule has 0 rings (SSSR count). The molecule has 1 atom stereocenters. The van der Waals surface area contributed by atoms with Gasteiger partial charge in [-0.15, -0.1) is 0 Å². The van der Waals surface area contributed by atoms with E-state index < -0.39 is 17.3 Å². The van der Waals surface area contributed by atoms with Gasteiger partial charge in [-0.1, -0.05) is 0 Å². The van der Waals surface area contributed by atoms with Crippen LogP contribution in [0.2, 0.25) is 0 Å². The van der Waals surface area contributed by atoms with Crippen molar-refractivity contribution in [1.82, 2.24) is 0 Å².